The monoisotopic (exact) mass is 719 g/mol. The third kappa shape index (κ3) is 16.6. The normalized spacial score (nSPS) is 15.6. The third-order valence-corrected chi connectivity index (χ3v) is 7.92. The first-order valence-electron chi connectivity index (χ1n) is 17.8. The number of hydrogen-bond donors (Lipinski definition) is 6. The predicted octanol–water partition coefficient (Wildman–Crippen LogP) is 3.12. The zero-order valence-electron chi connectivity index (χ0n) is 31.8. The van der Waals surface area contributed by atoms with Gasteiger partial charge < -0.3 is 36.4 Å². The van der Waals surface area contributed by atoms with Crippen LogP contribution in [0.1, 0.15) is 121 Å². The van der Waals surface area contributed by atoms with E-state index in [2.05, 4.69) is 21.3 Å². The van der Waals surface area contributed by atoms with E-state index in [1.54, 1.807) is 69.2 Å². The number of carbonyl (C=O) groups is 6. The third-order valence-electron chi connectivity index (χ3n) is 7.92. The number of aliphatic hydroxyl groups is 1. The molecule has 0 aromatic heterocycles. The van der Waals surface area contributed by atoms with Crippen LogP contribution in [0.2, 0.25) is 0 Å². The minimum atomic E-state index is -4.40. The zero-order chi connectivity index (χ0) is 39.0. The Labute approximate surface area is 296 Å². The summed E-state index contributed by atoms with van der Waals surface area (Å²) in [5.74, 6) is -10.5. The second kappa shape index (κ2) is 21.8. The number of nitrogens with one attached hydrogen (secondary N) is 5. The van der Waals surface area contributed by atoms with Gasteiger partial charge in [0.05, 0.1) is 6.04 Å². The minimum Gasteiger partial charge on any atom is -0.460 e. The van der Waals surface area contributed by atoms with Crippen molar-refractivity contribution in [3.05, 3.63) is 0 Å². The Morgan fingerprint density at radius 2 is 1.38 bits per heavy atom. The zero-order valence-corrected chi connectivity index (χ0v) is 31.8. The van der Waals surface area contributed by atoms with E-state index in [1.807, 2.05) is 12.2 Å². The molecule has 0 bridgehead atoms. The SMILES string of the molecule is CCC[C@H](NC(=O)[C@@H](NC(=O)CCCC(=O)OC(C)(C)C)[C@@H](C)CC)C(=O)N[C@@H](CC(C)C)[C@@H](O)C(F)(F)C(=O)N[C@H](C(=O)NCC)C(C)C. The molecular formula is C35H63F2N5O8. The summed E-state index contributed by atoms with van der Waals surface area (Å²) in [6.45, 7) is 18.9. The van der Waals surface area contributed by atoms with Gasteiger partial charge in [0, 0.05) is 19.4 Å². The van der Waals surface area contributed by atoms with E-state index in [-0.39, 0.29) is 50.5 Å². The fourth-order valence-electron chi connectivity index (χ4n) is 5.05. The molecule has 0 radical (unpaired) electrons. The summed E-state index contributed by atoms with van der Waals surface area (Å²) in [6, 6.07) is -5.14. The second-order valence-electron chi connectivity index (χ2n) is 14.6. The largest absolute Gasteiger partial charge is 0.460 e. The van der Waals surface area contributed by atoms with Gasteiger partial charge in [-0.25, -0.2) is 0 Å². The van der Waals surface area contributed by atoms with Crippen LogP contribution in [-0.4, -0.2) is 89.0 Å². The summed E-state index contributed by atoms with van der Waals surface area (Å²) >= 11 is 0. The maximum Gasteiger partial charge on any atom is 0.351 e. The average molecular weight is 720 g/mol. The molecule has 15 heteroatoms. The lowest BCUT2D eigenvalue weighted by molar-refractivity contribution is -0.170. The van der Waals surface area contributed by atoms with Crippen molar-refractivity contribution in [1.29, 1.82) is 0 Å². The Bertz CT molecular complexity index is 1130. The van der Waals surface area contributed by atoms with Crippen LogP contribution >= 0.6 is 0 Å². The average Bonchev–Trinajstić information content (AvgIpc) is 2.99. The molecule has 0 aliphatic carbocycles. The van der Waals surface area contributed by atoms with Crippen molar-refractivity contribution < 1.29 is 47.4 Å². The van der Waals surface area contributed by atoms with Crippen molar-refractivity contribution in [2.45, 2.75) is 163 Å². The highest BCUT2D eigenvalue weighted by molar-refractivity contribution is 5.93. The molecule has 0 aromatic carbocycles. The maximum absolute atomic E-state index is 15.5. The van der Waals surface area contributed by atoms with Crippen molar-refractivity contribution in [3.8, 4) is 0 Å². The van der Waals surface area contributed by atoms with Crippen molar-refractivity contribution in [2.24, 2.45) is 17.8 Å². The van der Waals surface area contributed by atoms with Crippen LogP contribution in [0.3, 0.4) is 0 Å². The number of amides is 5. The van der Waals surface area contributed by atoms with Crippen LogP contribution < -0.4 is 26.6 Å². The molecule has 6 N–H and O–H groups in total. The van der Waals surface area contributed by atoms with Crippen LogP contribution in [0, 0.1) is 17.8 Å². The molecular weight excluding hydrogens is 656 g/mol. The molecule has 0 saturated heterocycles. The number of hydrogen-bond acceptors (Lipinski definition) is 8. The van der Waals surface area contributed by atoms with E-state index < -0.39 is 83.2 Å². The number of esters is 1. The van der Waals surface area contributed by atoms with E-state index in [4.69, 9.17) is 4.74 Å². The van der Waals surface area contributed by atoms with Crippen LogP contribution in [0.25, 0.3) is 0 Å². The Kier molecular flexibility index (Phi) is 20.3. The highest BCUT2D eigenvalue weighted by Gasteiger charge is 2.51. The van der Waals surface area contributed by atoms with E-state index in [0.717, 1.165) is 0 Å². The molecule has 0 aliphatic heterocycles. The first kappa shape index (κ1) is 46.6. The van der Waals surface area contributed by atoms with Crippen LogP contribution in [-0.2, 0) is 33.5 Å². The van der Waals surface area contributed by atoms with Gasteiger partial charge in [0.25, 0.3) is 5.91 Å². The molecule has 0 fully saturated rings. The fraction of sp³-hybridized carbons (Fsp3) is 0.829. The molecule has 290 valence electrons. The summed E-state index contributed by atoms with van der Waals surface area (Å²) < 4.78 is 36.2. The summed E-state index contributed by atoms with van der Waals surface area (Å²) in [5, 5.41) is 23.1. The molecule has 13 nitrogen and oxygen atoms in total. The van der Waals surface area contributed by atoms with E-state index >= 15 is 8.78 Å². The predicted molar refractivity (Wildman–Crippen MR) is 186 cm³/mol. The van der Waals surface area contributed by atoms with Crippen molar-refractivity contribution in [2.75, 3.05) is 6.54 Å². The number of alkyl halides is 2. The summed E-state index contributed by atoms with van der Waals surface area (Å²) in [4.78, 5) is 76.9. The van der Waals surface area contributed by atoms with Crippen molar-refractivity contribution >= 4 is 35.5 Å². The fourth-order valence-corrected chi connectivity index (χ4v) is 5.05. The second-order valence-corrected chi connectivity index (χ2v) is 14.6. The molecule has 0 rings (SSSR count). The van der Waals surface area contributed by atoms with Crippen molar-refractivity contribution in [3.63, 3.8) is 0 Å². The smallest absolute Gasteiger partial charge is 0.351 e. The van der Waals surface area contributed by atoms with Crippen LogP contribution in [0.5, 0.6) is 0 Å². The number of likely N-dealkylation sites (N-methyl/N-ethyl adjacent to an activating group) is 1. The Morgan fingerprint density at radius 3 is 1.86 bits per heavy atom. The minimum absolute atomic E-state index is 0.0141. The quantitative estimate of drug-likeness (QED) is 0.0920. The molecule has 0 aromatic rings. The summed E-state index contributed by atoms with van der Waals surface area (Å²) in [5.41, 5.74) is -0.659. The molecule has 5 amide bonds. The molecule has 6 atom stereocenters. The Balaban J connectivity index is 5.90. The highest BCUT2D eigenvalue weighted by Crippen LogP contribution is 2.26. The molecule has 0 spiro atoms. The van der Waals surface area contributed by atoms with Gasteiger partial charge in [0.2, 0.25) is 23.6 Å². The number of aliphatic hydroxyl groups excluding tert-OH is 1. The lowest BCUT2D eigenvalue weighted by Gasteiger charge is -2.33. The molecule has 0 heterocycles. The van der Waals surface area contributed by atoms with Gasteiger partial charge in [-0.2, -0.15) is 8.78 Å². The van der Waals surface area contributed by atoms with Gasteiger partial charge >= 0.3 is 11.9 Å². The Morgan fingerprint density at radius 1 is 0.780 bits per heavy atom. The van der Waals surface area contributed by atoms with Gasteiger partial charge in [-0.3, -0.25) is 28.8 Å². The van der Waals surface area contributed by atoms with Gasteiger partial charge in [0.1, 0.15) is 29.8 Å². The van der Waals surface area contributed by atoms with Gasteiger partial charge in [-0.05, 0) is 64.7 Å². The number of halogens is 2. The topological polar surface area (TPSA) is 192 Å². The number of carbonyl (C=O) groups excluding carboxylic acids is 6. The standard InChI is InChI=1S/C35H63F2N5O8/c1-12-16-23(39-32(48)28(22(8)13-2)41-25(43)17-15-18-26(44)50-34(9,10)11)30(46)40-24(19-20(4)5)29(45)35(36,37)33(49)42-27(21(6)7)31(47)38-14-3/h20-24,27-29,45H,12-19H2,1-11H3,(H,38,47)(H,39,48)(H,40,46)(H,41,43)(H,42,49)/t22-,23-,24-,27-,28-,29+/m0/s1. The lowest BCUT2D eigenvalue weighted by atomic mass is 9.93. The van der Waals surface area contributed by atoms with Crippen molar-refractivity contribution in [1.82, 2.24) is 26.6 Å². The molecule has 50 heavy (non-hydrogen) atoms. The highest BCUT2D eigenvalue weighted by atomic mass is 19.3. The molecule has 0 unspecified atom stereocenters. The Hall–Kier alpha value is -3.36. The lowest BCUT2D eigenvalue weighted by Crippen LogP contribution is -2.62. The first-order chi connectivity index (χ1) is 23.0. The van der Waals surface area contributed by atoms with E-state index in [0.29, 0.717) is 12.8 Å². The van der Waals surface area contributed by atoms with Gasteiger partial charge in [0.15, 0.2) is 0 Å². The number of ether oxygens (including phenoxy) is 1. The van der Waals surface area contributed by atoms with E-state index in [9.17, 15) is 33.9 Å². The number of rotatable bonds is 22. The van der Waals surface area contributed by atoms with E-state index in [1.165, 1.54) is 0 Å². The molecule has 0 aliphatic rings. The van der Waals surface area contributed by atoms with Gasteiger partial charge in [-0.15, -0.1) is 0 Å². The van der Waals surface area contributed by atoms with Gasteiger partial charge in [-0.1, -0.05) is 61.3 Å². The maximum atomic E-state index is 15.5. The summed E-state index contributed by atoms with van der Waals surface area (Å²) in [6.07, 6.45) is -1.62. The first-order valence-corrected chi connectivity index (χ1v) is 17.8. The molecule has 0 saturated carbocycles. The summed E-state index contributed by atoms with van der Waals surface area (Å²) in [7, 11) is 0. The van der Waals surface area contributed by atoms with Crippen LogP contribution in [0.15, 0.2) is 0 Å². The van der Waals surface area contributed by atoms with Crippen LogP contribution in [0.4, 0.5) is 8.78 Å².